The van der Waals surface area contributed by atoms with Gasteiger partial charge in [0.05, 0.1) is 11.2 Å². The summed E-state index contributed by atoms with van der Waals surface area (Å²) in [6, 6.07) is 6.50. The van der Waals surface area contributed by atoms with Crippen molar-refractivity contribution in [2.75, 3.05) is 5.32 Å². The van der Waals surface area contributed by atoms with Crippen molar-refractivity contribution in [3.63, 3.8) is 0 Å². The van der Waals surface area contributed by atoms with Crippen LogP contribution < -0.4 is 16.2 Å². The number of anilines is 1. The zero-order valence-corrected chi connectivity index (χ0v) is 13.6. The molecule has 1 amide bonds. The Hall–Kier alpha value is -1.44. The van der Waals surface area contributed by atoms with Crippen LogP contribution in [-0.4, -0.2) is 19.9 Å². The molecule has 5 N–H and O–H groups in total. The van der Waals surface area contributed by atoms with Gasteiger partial charge in [-0.2, -0.15) is 0 Å². The van der Waals surface area contributed by atoms with Crippen molar-refractivity contribution >= 4 is 21.6 Å². The summed E-state index contributed by atoms with van der Waals surface area (Å²) < 4.78 is 22.0. The van der Waals surface area contributed by atoms with Crippen LogP contribution in [0.25, 0.3) is 0 Å². The summed E-state index contributed by atoms with van der Waals surface area (Å²) in [4.78, 5) is 12.3. The number of carbonyl (C=O) groups excluding carboxylic acids is 1. The predicted octanol–water partition coefficient (Wildman–Crippen LogP) is 1.18. The fourth-order valence-corrected chi connectivity index (χ4v) is 2.15. The van der Waals surface area contributed by atoms with Gasteiger partial charge in [0.15, 0.2) is 0 Å². The van der Waals surface area contributed by atoms with Crippen molar-refractivity contribution in [3.8, 4) is 0 Å². The van der Waals surface area contributed by atoms with Crippen LogP contribution in [0.2, 0.25) is 0 Å². The van der Waals surface area contributed by atoms with Crippen LogP contribution in [0.15, 0.2) is 24.3 Å². The third-order valence-corrected chi connectivity index (χ3v) is 4.49. The predicted molar refractivity (Wildman–Crippen MR) is 83.9 cm³/mol. The van der Waals surface area contributed by atoms with E-state index >= 15 is 0 Å². The number of hydrogen-bond acceptors (Lipinski definition) is 4. The van der Waals surface area contributed by atoms with Crippen LogP contribution in [-0.2, 0) is 20.6 Å². The molecule has 1 aromatic carbocycles. The van der Waals surface area contributed by atoms with Crippen LogP contribution in [0.4, 0.5) is 5.69 Å². The Morgan fingerprint density at radius 2 is 1.62 bits per heavy atom. The number of carbonyl (C=O) groups is 1. The van der Waals surface area contributed by atoms with E-state index in [1.165, 1.54) is 0 Å². The van der Waals surface area contributed by atoms with Gasteiger partial charge >= 0.3 is 0 Å². The van der Waals surface area contributed by atoms with Crippen LogP contribution in [0.5, 0.6) is 0 Å². The summed E-state index contributed by atoms with van der Waals surface area (Å²) in [6.07, 6.45) is 0. The Kier molecular flexibility index (Phi) is 4.82. The van der Waals surface area contributed by atoms with Crippen LogP contribution in [0.1, 0.15) is 33.3 Å². The van der Waals surface area contributed by atoms with E-state index in [1.807, 2.05) is 0 Å². The van der Waals surface area contributed by atoms with Gasteiger partial charge in [-0.25, -0.2) is 13.6 Å². The van der Waals surface area contributed by atoms with Crippen LogP contribution in [0.3, 0.4) is 0 Å². The molecule has 0 aliphatic rings. The van der Waals surface area contributed by atoms with E-state index < -0.39 is 21.0 Å². The highest BCUT2D eigenvalue weighted by Crippen LogP contribution is 2.29. The molecular formula is C14H23N3O3S. The van der Waals surface area contributed by atoms with Crippen molar-refractivity contribution < 1.29 is 13.2 Å². The number of primary sulfonamides is 1. The molecule has 1 aromatic rings. The van der Waals surface area contributed by atoms with E-state index in [2.05, 4.69) is 5.32 Å². The van der Waals surface area contributed by atoms with Crippen LogP contribution in [0, 0.1) is 5.41 Å². The van der Waals surface area contributed by atoms with Gasteiger partial charge < -0.3 is 11.1 Å². The molecule has 7 heteroatoms. The molecule has 0 saturated heterocycles. The van der Waals surface area contributed by atoms with E-state index in [9.17, 15) is 13.2 Å². The zero-order valence-electron chi connectivity index (χ0n) is 12.8. The molecule has 0 heterocycles. The third kappa shape index (κ3) is 4.80. The Bertz CT molecular complexity index is 614. The highest BCUT2D eigenvalue weighted by atomic mass is 32.2. The van der Waals surface area contributed by atoms with Crippen LogP contribution >= 0.6 is 0 Å². The topological polar surface area (TPSA) is 115 Å². The van der Waals surface area contributed by atoms with E-state index in [0.717, 1.165) is 0 Å². The molecule has 0 radical (unpaired) electrons. The van der Waals surface area contributed by atoms with Crippen molar-refractivity contribution in [2.24, 2.45) is 16.3 Å². The molecule has 0 unspecified atom stereocenters. The summed E-state index contributed by atoms with van der Waals surface area (Å²) in [5, 5.41) is 7.76. The second-order valence-corrected chi connectivity index (χ2v) is 7.92. The van der Waals surface area contributed by atoms with Crippen molar-refractivity contribution in [2.45, 2.75) is 39.0 Å². The first kappa shape index (κ1) is 17.6. The summed E-state index contributed by atoms with van der Waals surface area (Å²) in [5.74, 6) is -0.433. The number of rotatable bonds is 5. The largest absolute Gasteiger partial charge is 0.326 e. The molecule has 118 valence electrons. The molecule has 0 atom stereocenters. The summed E-state index contributed by atoms with van der Waals surface area (Å²) in [7, 11) is -3.56. The van der Waals surface area contributed by atoms with Gasteiger partial charge in [-0.15, -0.1) is 0 Å². The first-order chi connectivity index (χ1) is 9.33. The molecule has 1 rings (SSSR count). The average Bonchev–Trinajstić information content (AvgIpc) is 2.28. The molecule has 6 nitrogen and oxygen atoms in total. The minimum atomic E-state index is -3.56. The molecule has 0 fully saturated rings. The number of sulfonamides is 1. The Balaban J connectivity index is 2.84. The second kappa shape index (κ2) is 5.75. The Labute approximate surface area is 126 Å². The molecule has 0 saturated carbocycles. The quantitative estimate of drug-likeness (QED) is 0.757. The lowest BCUT2D eigenvalue weighted by Gasteiger charge is -2.36. The lowest BCUT2D eigenvalue weighted by atomic mass is 9.74. The molecule has 0 spiro atoms. The lowest BCUT2D eigenvalue weighted by Crippen LogP contribution is -2.53. The monoisotopic (exact) mass is 313 g/mol. The molecule has 0 aliphatic heterocycles. The number of benzene rings is 1. The zero-order chi connectivity index (χ0) is 16.5. The van der Waals surface area contributed by atoms with Crippen molar-refractivity contribution in [1.82, 2.24) is 0 Å². The van der Waals surface area contributed by atoms with Gasteiger partial charge in [0.2, 0.25) is 15.9 Å². The highest BCUT2D eigenvalue weighted by Gasteiger charge is 2.40. The maximum Gasteiger partial charge on any atom is 0.231 e. The Morgan fingerprint density at radius 1 is 1.14 bits per heavy atom. The van der Waals surface area contributed by atoms with Gasteiger partial charge in [-0.3, -0.25) is 4.79 Å². The number of hydrogen-bond donors (Lipinski definition) is 3. The van der Waals surface area contributed by atoms with E-state index in [1.54, 1.807) is 52.0 Å². The Morgan fingerprint density at radius 3 is 2.00 bits per heavy atom. The molecule has 0 aromatic heterocycles. The van der Waals surface area contributed by atoms with Crippen molar-refractivity contribution in [3.05, 3.63) is 29.8 Å². The highest BCUT2D eigenvalue weighted by molar-refractivity contribution is 7.88. The maximum absolute atomic E-state index is 12.3. The number of nitrogens with one attached hydrogen (secondary N) is 1. The summed E-state index contributed by atoms with van der Waals surface area (Å²) >= 11 is 0. The fourth-order valence-electron chi connectivity index (χ4n) is 1.50. The number of nitrogens with two attached hydrogens (primary N) is 2. The summed E-state index contributed by atoms with van der Waals surface area (Å²) in [5.41, 5.74) is 5.73. The fraction of sp³-hybridized carbons (Fsp3) is 0.500. The molecule has 0 aliphatic carbocycles. The van der Waals surface area contributed by atoms with Crippen molar-refractivity contribution in [1.29, 1.82) is 0 Å². The molecule has 21 heavy (non-hydrogen) atoms. The van der Waals surface area contributed by atoms with E-state index in [4.69, 9.17) is 10.9 Å². The standard InChI is InChI=1S/C14H23N3O3S/c1-13(2,14(3,4)15)12(18)17-11-7-5-10(6-8-11)9-21(16,19)20/h5-8H,9,15H2,1-4H3,(H,17,18)(H2,16,19,20). The summed E-state index contributed by atoms with van der Waals surface area (Å²) in [6.45, 7) is 7.14. The normalized spacial score (nSPS) is 13.0. The first-order valence-electron chi connectivity index (χ1n) is 6.53. The average molecular weight is 313 g/mol. The molecule has 0 bridgehead atoms. The lowest BCUT2D eigenvalue weighted by molar-refractivity contribution is -0.126. The molecular weight excluding hydrogens is 290 g/mol. The first-order valence-corrected chi connectivity index (χ1v) is 8.24. The van der Waals surface area contributed by atoms with E-state index in [0.29, 0.717) is 11.3 Å². The van der Waals surface area contributed by atoms with Gasteiger partial charge in [0.25, 0.3) is 0 Å². The SMILES string of the molecule is CC(C)(N)C(C)(C)C(=O)Nc1ccc(CS(N)(=O)=O)cc1. The minimum Gasteiger partial charge on any atom is -0.326 e. The maximum atomic E-state index is 12.3. The van der Waals surface area contributed by atoms with Gasteiger partial charge in [0, 0.05) is 11.2 Å². The number of amides is 1. The van der Waals surface area contributed by atoms with Gasteiger partial charge in [-0.1, -0.05) is 12.1 Å². The van der Waals surface area contributed by atoms with E-state index in [-0.39, 0.29) is 11.7 Å². The second-order valence-electron chi connectivity index (χ2n) is 6.30. The third-order valence-electron chi connectivity index (χ3n) is 3.76. The van der Waals surface area contributed by atoms with Gasteiger partial charge in [0.1, 0.15) is 0 Å². The van der Waals surface area contributed by atoms with Gasteiger partial charge in [-0.05, 0) is 45.4 Å². The smallest absolute Gasteiger partial charge is 0.231 e. The minimum absolute atomic E-state index is 0.200.